The molecule has 1 heterocycles. The molecule has 1 fully saturated rings. The molecule has 1 saturated heterocycles. The molecule has 1 atom stereocenters. The first kappa shape index (κ1) is 10.3. The Morgan fingerprint density at radius 3 is 2.56 bits per heavy atom. The lowest BCUT2D eigenvalue weighted by Gasteiger charge is -2.41. The molecule has 0 N–H and O–H groups in total. The van der Waals surface area contributed by atoms with Crippen molar-refractivity contribution in [1.82, 2.24) is 4.90 Å². The largest absolute Gasteiger partial charge is 0.306 e. The SMILES string of the molecule is CC1c2ccccc2CC12CCN(C)CC2. The number of likely N-dealkylation sites (tertiary alicyclic amines) is 1. The van der Waals surface area contributed by atoms with Gasteiger partial charge in [-0.2, -0.15) is 0 Å². The zero-order valence-electron chi connectivity index (χ0n) is 10.4. The summed E-state index contributed by atoms with van der Waals surface area (Å²) in [5.41, 5.74) is 3.81. The van der Waals surface area contributed by atoms with Gasteiger partial charge >= 0.3 is 0 Å². The van der Waals surface area contributed by atoms with Crippen LogP contribution in [0.5, 0.6) is 0 Å². The summed E-state index contributed by atoms with van der Waals surface area (Å²) in [5.74, 6) is 0.761. The molecule has 1 aliphatic carbocycles. The Bertz CT molecular complexity index is 388. The van der Waals surface area contributed by atoms with E-state index < -0.39 is 0 Å². The molecule has 2 aliphatic rings. The molecule has 0 bridgehead atoms. The summed E-state index contributed by atoms with van der Waals surface area (Å²) >= 11 is 0. The minimum absolute atomic E-state index is 0.580. The maximum Gasteiger partial charge on any atom is -0.00162 e. The molecule has 1 spiro atoms. The van der Waals surface area contributed by atoms with E-state index in [1.807, 2.05) is 0 Å². The second kappa shape index (κ2) is 3.59. The lowest BCUT2D eigenvalue weighted by molar-refractivity contribution is 0.110. The molecular formula is C15H21N. The minimum atomic E-state index is 0.580. The van der Waals surface area contributed by atoms with Crippen molar-refractivity contribution in [2.75, 3.05) is 20.1 Å². The third-order valence-corrected chi connectivity index (χ3v) is 4.97. The number of piperidine rings is 1. The topological polar surface area (TPSA) is 3.24 Å². The Morgan fingerprint density at radius 1 is 1.19 bits per heavy atom. The van der Waals surface area contributed by atoms with Crippen molar-refractivity contribution < 1.29 is 0 Å². The minimum Gasteiger partial charge on any atom is -0.306 e. The van der Waals surface area contributed by atoms with Crippen LogP contribution in [0.3, 0.4) is 0 Å². The average Bonchev–Trinajstić information content (AvgIpc) is 2.58. The van der Waals surface area contributed by atoms with E-state index >= 15 is 0 Å². The number of nitrogens with zero attached hydrogens (tertiary/aromatic N) is 1. The van der Waals surface area contributed by atoms with Crippen molar-refractivity contribution in [3.05, 3.63) is 35.4 Å². The van der Waals surface area contributed by atoms with Crippen LogP contribution in [0, 0.1) is 5.41 Å². The molecule has 1 aromatic carbocycles. The molecule has 0 aromatic heterocycles. The van der Waals surface area contributed by atoms with Crippen LogP contribution in [0.4, 0.5) is 0 Å². The van der Waals surface area contributed by atoms with E-state index in [2.05, 4.69) is 43.1 Å². The Morgan fingerprint density at radius 2 is 1.88 bits per heavy atom. The smallest absolute Gasteiger partial charge is 0.00162 e. The van der Waals surface area contributed by atoms with Crippen LogP contribution in [0.1, 0.15) is 36.8 Å². The molecule has 3 rings (SSSR count). The number of rotatable bonds is 0. The maximum absolute atomic E-state index is 2.47. The molecule has 1 aromatic rings. The zero-order chi connectivity index (χ0) is 11.2. The van der Waals surface area contributed by atoms with Crippen molar-refractivity contribution in [2.45, 2.75) is 32.1 Å². The first-order valence-corrected chi connectivity index (χ1v) is 6.48. The van der Waals surface area contributed by atoms with Gasteiger partial charge in [-0.1, -0.05) is 31.2 Å². The van der Waals surface area contributed by atoms with Crippen LogP contribution >= 0.6 is 0 Å². The van der Waals surface area contributed by atoms with Crippen molar-refractivity contribution in [1.29, 1.82) is 0 Å². The third-order valence-electron chi connectivity index (χ3n) is 4.97. The molecule has 1 heteroatoms. The van der Waals surface area contributed by atoms with Gasteiger partial charge < -0.3 is 4.90 Å². The Balaban J connectivity index is 1.91. The van der Waals surface area contributed by atoms with Gasteiger partial charge in [-0.25, -0.2) is 0 Å². The number of hydrogen-bond donors (Lipinski definition) is 0. The highest BCUT2D eigenvalue weighted by Gasteiger charge is 2.44. The molecular weight excluding hydrogens is 194 g/mol. The predicted molar refractivity (Wildman–Crippen MR) is 67.7 cm³/mol. The first-order valence-electron chi connectivity index (χ1n) is 6.48. The highest BCUT2D eigenvalue weighted by Crippen LogP contribution is 2.52. The van der Waals surface area contributed by atoms with Gasteiger partial charge in [0.25, 0.3) is 0 Å². The van der Waals surface area contributed by atoms with E-state index in [-0.39, 0.29) is 0 Å². The van der Waals surface area contributed by atoms with Gasteiger partial charge in [0, 0.05) is 0 Å². The Labute approximate surface area is 98.5 Å². The summed E-state index contributed by atoms with van der Waals surface area (Å²) < 4.78 is 0. The predicted octanol–water partition coefficient (Wildman–Crippen LogP) is 3.06. The lowest BCUT2D eigenvalue weighted by atomic mass is 9.70. The summed E-state index contributed by atoms with van der Waals surface area (Å²) in [6, 6.07) is 9.06. The summed E-state index contributed by atoms with van der Waals surface area (Å²) in [7, 11) is 2.25. The van der Waals surface area contributed by atoms with Crippen molar-refractivity contribution in [3.63, 3.8) is 0 Å². The fourth-order valence-corrected chi connectivity index (χ4v) is 3.65. The third kappa shape index (κ3) is 1.41. The van der Waals surface area contributed by atoms with Gasteiger partial charge in [-0.05, 0) is 61.9 Å². The number of hydrogen-bond acceptors (Lipinski definition) is 1. The van der Waals surface area contributed by atoms with E-state index in [4.69, 9.17) is 0 Å². The van der Waals surface area contributed by atoms with Crippen LogP contribution < -0.4 is 0 Å². The van der Waals surface area contributed by atoms with Gasteiger partial charge in [-0.3, -0.25) is 0 Å². The van der Waals surface area contributed by atoms with Crippen LogP contribution in [-0.4, -0.2) is 25.0 Å². The maximum atomic E-state index is 2.47. The van der Waals surface area contributed by atoms with E-state index in [0.717, 1.165) is 5.92 Å². The van der Waals surface area contributed by atoms with Crippen molar-refractivity contribution >= 4 is 0 Å². The molecule has 1 nitrogen and oxygen atoms in total. The molecule has 1 unspecified atom stereocenters. The molecule has 1 aliphatic heterocycles. The van der Waals surface area contributed by atoms with E-state index in [9.17, 15) is 0 Å². The number of benzene rings is 1. The van der Waals surface area contributed by atoms with Crippen LogP contribution in [-0.2, 0) is 6.42 Å². The monoisotopic (exact) mass is 215 g/mol. The lowest BCUT2D eigenvalue weighted by Crippen LogP contribution is -2.39. The summed E-state index contributed by atoms with van der Waals surface area (Å²) in [4.78, 5) is 2.47. The summed E-state index contributed by atoms with van der Waals surface area (Å²) in [6.45, 7) is 4.99. The first-order chi connectivity index (χ1) is 7.71. The van der Waals surface area contributed by atoms with Gasteiger partial charge in [0.2, 0.25) is 0 Å². The van der Waals surface area contributed by atoms with E-state index in [0.29, 0.717) is 5.41 Å². The van der Waals surface area contributed by atoms with E-state index in [1.54, 1.807) is 11.1 Å². The second-order valence-electron chi connectivity index (χ2n) is 5.76. The van der Waals surface area contributed by atoms with Crippen molar-refractivity contribution in [2.24, 2.45) is 5.41 Å². The van der Waals surface area contributed by atoms with Crippen molar-refractivity contribution in [3.8, 4) is 0 Å². The zero-order valence-corrected chi connectivity index (χ0v) is 10.4. The summed E-state index contributed by atoms with van der Waals surface area (Å²) in [6.07, 6.45) is 4.07. The average molecular weight is 215 g/mol. The Kier molecular flexibility index (Phi) is 2.32. The van der Waals surface area contributed by atoms with Crippen LogP contribution in [0.15, 0.2) is 24.3 Å². The van der Waals surface area contributed by atoms with Gasteiger partial charge in [0.15, 0.2) is 0 Å². The highest BCUT2D eigenvalue weighted by molar-refractivity contribution is 5.38. The second-order valence-corrected chi connectivity index (χ2v) is 5.76. The fraction of sp³-hybridized carbons (Fsp3) is 0.600. The molecule has 86 valence electrons. The summed E-state index contributed by atoms with van der Waals surface area (Å²) in [5, 5.41) is 0. The van der Waals surface area contributed by atoms with Crippen LogP contribution in [0.2, 0.25) is 0 Å². The van der Waals surface area contributed by atoms with Gasteiger partial charge in [0.05, 0.1) is 0 Å². The van der Waals surface area contributed by atoms with Crippen LogP contribution in [0.25, 0.3) is 0 Å². The van der Waals surface area contributed by atoms with E-state index in [1.165, 1.54) is 32.4 Å². The Hall–Kier alpha value is -0.820. The fourth-order valence-electron chi connectivity index (χ4n) is 3.65. The molecule has 16 heavy (non-hydrogen) atoms. The quantitative estimate of drug-likeness (QED) is 0.643. The number of fused-ring (bicyclic) bond motifs is 1. The molecule has 0 saturated carbocycles. The standard InChI is InChI=1S/C15H21N/c1-12-14-6-4-3-5-13(14)11-15(12)7-9-16(2)10-8-15/h3-6,12H,7-11H2,1-2H3. The highest BCUT2D eigenvalue weighted by atomic mass is 15.1. The molecule has 0 radical (unpaired) electrons. The molecule has 0 amide bonds. The normalized spacial score (nSPS) is 28.2. The van der Waals surface area contributed by atoms with Gasteiger partial charge in [-0.15, -0.1) is 0 Å². The van der Waals surface area contributed by atoms with Gasteiger partial charge in [0.1, 0.15) is 0 Å².